The van der Waals surface area contributed by atoms with E-state index in [-0.39, 0.29) is 11.3 Å². The van der Waals surface area contributed by atoms with E-state index in [0.29, 0.717) is 36.3 Å². The molecule has 0 atom stereocenters. The van der Waals surface area contributed by atoms with Gasteiger partial charge in [0, 0.05) is 25.8 Å². The zero-order valence-corrected chi connectivity index (χ0v) is 13.4. The molecule has 1 aromatic carbocycles. The highest BCUT2D eigenvalue weighted by molar-refractivity contribution is 5.92. The van der Waals surface area contributed by atoms with E-state index < -0.39 is 0 Å². The predicted molar refractivity (Wildman–Crippen MR) is 90.4 cm³/mol. The average molecular weight is 315 g/mol. The van der Waals surface area contributed by atoms with E-state index >= 15 is 0 Å². The van der Waals surface area contributed by atoms with Gasteiger partial charge in [-0.2, -0.15) is 0 Å². The zero-order valence-electron chi connectivity index (χ0n) is 13.4. The topological polar surface area (TPSA) is 68.5 Å². The lowest BCUT2D eigenvalue weighted by molar-refractivity contribution is -0.116. The van der Waals surface area contributed by atoms with Gasteiger partial charge in [-0.05, 0) is 38.5 Å². The number of nitrogens with one attached hydrogen (secondary N) is 1. The van der Waals surface area contributed by atoms with Crippen molar-refractivity contribution in [2.75, 3.05) is 19.8 Å². The van der Waals surface area contributed by atoms with Crippen molar-refractivity contribution in [3.05, 3.63) is 51.9 Å². The first-order valence-electron chi connectivity index (χ1n) is 7.67. The molecule has 2 aromatic rings. The molecule has 1 amide bonds. The Morgan fingerprint density at radius 3 is 3.00 bits per heavy atom. The average Bonchev–Trinajstić information content (AvgIpc) is 2.54. The van der Waals surface area contributed by atoms with Gasteiger partial charge >= 0.3 is 0 Å². The standard InChI is InChI=1S/C18H21NO4/c1-3-22-10-4-9-19-17(20)8-6-14-12-23-16-7-5-13(2)11-15(16)18(14)21/h5-8,11-12H,3-4,9-10H2,1-2H3,(H,19,20)/b8-6+. The van der Waals surface area contributed by atoms with Crippen LogP contribution in [0.5, 0.6) is 0 Å². The van der Waals surface area contributed by atoms with Crippen LogP contribution < -0.4 is 10.7 Å². The lowest BCUT2D eigenvalue weighted by atomic mass is 10.1. The molecule has 0 radical (unpaired) electrons. The maximum Gasteiger partial charge on any atom is 0.244 e. The van der Waals surface area contributed by atoms with Crippen molar-refractivity contribution in [2.45, 2.75) is 20.3 Å². The summed E-state index contributed by atoms with van der Waals surface area (Å²) in [5.74, 6) is -0.245. The Hall–Kier alpha value is -2.40. The molecule has 5 nitrogen and oxygen atoms in total. The molecule has 0 spiro atoms. The number of fused-ring (bicyclic) bond motifs is 1. The molecule has 0 saturated carbocycles. The SMILES string of the molecule is CCOCCCNC(=O)/C=C/c1coc2ccc(C)cc2c1=O. The fourth-order valence-corrected chi connectivity index (χ4v) is 2.13. The molecule has 0 fully saturated rings. The highest BCUT2D eigenvalue weighted by Gasteiger charge is 2.05. The molecule has 122 valence electrons. The summed E-state index contributed by atoms with van der Waals surface area (Å²) in [6, 6.07) is 5.44. The number of carbonyl (C=O) groups excluding carboxylic acids is 1. The maximum absolute atomic E-state index is 12.4. The van der Waals surface area contributed by atoms with Crippen LogP contribution in [0.1, 0.15) is 24.5 Å². The van der Waals surface area contributed by atoms with Crippen molar-refractivity contribution in [3.8, 4) is 0 Å². The van der Waals surface area contributed by atoms with Crippen LogP contribution in [0.25, 0.3) is 17.0 Å². The van der Waals surface area contributed by atoms with Crippen LogP contribution in [0.4, 0.5) is 0 Å². The summed E-state index contributed by atoms with van der Waals surface area (Å²) in [5.41, 5.74) is 1.74. The number of hydrogen-bond acceptors (Lipinski definition) is 4. The van der Waals surface area contributed by atoms with Crippen molar-refractivity contribution in [2.24, 2.45) is 0 Å². The van der Waals surface area contributed by atoms with Crippen LogP contribution in [0.3, 0.4) is 0 Å². The molecule has 5 heteroatoms. The molecule has 2 rings (SSSR count). The van der Waals surface area contributed by atoms with Gasteiger partial charge in [-0.25, -0.2) is 0 Å². The third-order valence-electron chi connectivity index (χ3n) is 3.34. The Morgan fingerprint density at radius 2 is 2.22 bits per heavy atom. The molecule has 0 aliphatic heterocycles. The molecule has 0 aliphatic carbocycles. The van der Waals surface area contributed by atoms with Crippen molar-refractivity contribution in [3.63, 3.8) is 0 Å². The van der Waals surface area contributed by atoms with Crippen LogP contribution in [0.2, 0.25) is 0 Å². The third kappa shape index (κ3) is 4.79. The van der Waals surface area contributed by atoms with Crippen molar-refractivity contribution < 1.29 is 13.9 Å². The van der Waals surface area contributed by atoms with Gasteiger partial charge in [0.2, 0.25) is 5.91 Å². The van der Waals surface area contributed by atoms with Crippen LogP contribution in [0, 0.1) is 6.92 Å². The minimum atomic E-state index is -0.245. The number of hydrogen-bond donors (Lipinski definition) is 1. The number of benzene rings is 1. The van der Waals surface area contributed by atoms with Gasteiger partial charge in [0.1, 0.15) is 11.8 Å². The van der Waals surface area contributed by atoms with Gasteiger partial charge in [-0.3, -0.25) is 9.59 Å². The second kappa shape index (κ2) is 8.29. The Morgan fingerprint density at radius 1 is 1.39 bits per heavy atom. The van der Waals surface area contributed by atoms with Crippen molar-refractivity contribution in [1.82, 2.24) is 5.32 Å². The molecule has 0 bridgehead atoms. The van der Waals surface area contributed by atoms with Crippen molar-refractivity contribution in [1.29, 1.82) is 0 Å². The molecular weight excluding hydrogens is 294 g/mol. The molecule has 0 aliphatic rings. The van der Waals surface area contributed by atoms with Crippen LogP contribution in [0.15, 0.2) is 39.7 Å². The van der Waals surface area contributed by atoms with Crippen LogP contribution >= 0.6 is 0 Å². The second-order valence-electron chi connectivity index (χ2n) is 5.19. The van der Waals surface area contributed by atoms with Gasteiger partial charge in [-0.15, -0.1) is 0 Å². The lowest BCUT2D eigenvalue weighted by Gasteiger charge is -2.02. The summed E-state index contributed by atoms with van der Waals surface area (Å²) in [5, 5.41) is 3.26. The molecule has 23 heavy (non-hydrogen) atoms. The Kier molecular flexibility index (Phi) is 6.11. The minimum absolute atomic E-state index is 0.143. The Balaban J connectivity index is 2.02. The Bertz CT molecular complexity index is 761. The minimum Gasteiger partial charge on any atom is -0.463 e. The first kappa shape index (κ1) is 17.0. The van der Waals surface area contributed by atoms with Crippen LogP contribution in [-0.2, 0) is 9.53 Å². The van der Waals surface area contributed by atoms with Gasteiger partial charge in [0.05, 0.1) is 10.9 Å². The molecule has 1 N–H and O–H groups in total. The quantitative estimate of drug-likeness (QED) is 0.630. The molecule has 1 aromatic heterocycles. The van der Waals surface area contributed by atoms with E-state index in [9.17, 15) is 9.59 Å². The molecule has 0 unspecified atom stereocenters. The summed E-state index contributed by atoms with van der Waals surface area (Å²) in [6.45, 7) is 5.67. The van der Waals surface area contributed by atoms with E-state index in [0.717, 1.165) is 12.0 Å². The van der Waals surface area contributed by atoms with Gasteiger partial charge in [0.15, 0.2) is 5.43 Å². The first-order valence-corrected chi connectivity index (χ1v) is 7.67. The van der Waals surface area contributed by atoms with Gasteiger partial charge < -0.3 is 14.5 Å². The maximum atomic E-state index is 12.4. The van der Waals surface area contributed by atoms with Gasteiger partial charge in [0.25, 0.3) is 0 Å². The normalized spacial score (nSPS) is 11.2. The second-order valence-corrected chi connectivity index (χ2v) is 5.19. The summed E-state index contributed by atoms with van der Waals surface area (Å²) < 4.78 is 10.6. The summed E-state index contributed by atoms with van der Waals surface area (Å²) in [7, 11) is 0. The summed E-state index contributed by atoms with van der Waals surface area (Å²) in [6.07, 6.45) is 4.95. The van der Waals surface area contributed by atoms with E-state index in [2.05, 4.69) is 5.32 Å². The van der Waals surface area contributed by atoms with Crippen molar-refractivity contribution >= 4 is 23.0 Å². The predicted octanol–water partition coefficient (Wildman–Crippen LogP) is 2.66. The molecule has 1 heterocycles. The third-order valence-corrected chi connectivity index (χ3v) is 3.34. The summed E-state index contributed by atoms with van der Waals surface area (Å²) in [4.78, 5) is 24.1. The lowest BCUT2D eigenvalue weighted by Crippen LogP contribution is -2.23. The fraction of sp³-hybridized carbons (Fsp3) is 0.333. The number of amides is 1. The monoisotopic (exact) mass is 315 g/mol. The number of rotatable bonds is 7. The summed E-state index contributed by atoms with van der Waals surface area (Å²) >= 11 is 0. The number of aryl methyl sites for hydroxylation is 1. The van der Waals surface area contributed by atoms with Crippen LogP contribution in [-0.4, -0.2) is 25.7 Å². The van der Waals surface area contributed by atoms with E-state index in [1.807, 2.05) is 19.9 Å². The van der Waals surface area contributed by atoms with E-state index in [4.69, 9.17) is 9.15 Å². The number of ether oxygens (including phenoxy) is 1. The smallest absolute Gasteiger partial charge is 0.244 e. The highest BCUT2D eigenvalue weighted by Crippen LogP contribution is 2.13. The number of carbonyl (C=O) groups is 1. The zero-order chi connectivity index (χ0) is 16.7. The van der Waals surface area contributed by atoms with Gasteiger partial charge in [-0.1, -0.05) is 11.6 Å². The van der Waals surface area contributed by atoms with E-state index in [1.54, 1.807) is 12.1 Å². The fourth-order valence-electron chi connectivity index (χ4n) is 2.13. The largest absolute Gasteiger partial charge is 0.463 e. The molecule has 0 saturated heterocycles. The molecular formula is C18H21NO4. The first-order chi connectivity index (χ1) is 11.1. The highest BCUT2D eigenvalue weighted by atomic mass is 16.5. The van der Waals surface area contributed by atoms with E-state index in [1.165, 1.54) is 18.4 Å². The Labute approximate surface area is 134 Å².